The lowest BCUT2D eigenvalue weighted by Crippen LogP contribution is -2.06. The van der Waals surface area contributed by atoms with Gasteiger partial charge < -0.3 is 4.74 Å². The fourth-order valence-electron chi connectivity index (χ4n) is 1.43. The Labute approximate surface area is 112 Å². The van der Waals surface area contributed by atoms with Crippen LogP contribution in [-0.2, 0) is 4.79 Å². The maximum atomic E-state index is 11.5. The molecule has 5 nitrogen and oxygen atoms in total. The summed E-state index contributed by atoms with van der Waals surface area (Å²) in [6, 6.07) is 5.44. The minimum atomic E-state index is -0.498. The maximum absolute atomic E-state index is 11.5. The Balaban J connectivity index is 2.40. The van der Waals surface area contributed by atoms with Crippen molar-refractivity contribution in [3.8, 4) is 5.75 Å². The van der Waals surface area contributed by atoms with E-state index in [4.69, 9.17) is 4.74 Å². The zero-order valence-corrected chi connectivity index (χ0v) is 10.9. The van der Waals surface area contributed by atoms with Gasteiger partial charge in [0.15, 0.2) is 0 Å². The molecule has 0 radical (unpaired) electrons. The zero-order valence-electron chi connectivity index (χ0n) is 10.9. The topological polar surface area (TPSA) is 69.4 Å². The van der Waals surface area contributed by atoms with Crippen LogP contribution < -0.4 is 4.74 Å². The van der Waals surface area contributed by atoms with Gasteiger partial charge in [-0.1, -0.05) is 31.9 Å². The van der Waals surface area contributed by atoms with Gasteiger partial charge in [-0.25, -0.2) is 0 Å². The van der Waals surface area contributed by atoms with E-state index in [-0.39, 0.29) is 18.1 Å². The predicted molar refractivity (Wildman–Crippen MR) is 72.0 cm³/mol. The molecule has 0 amide bonds. The van der Waals surface area contributed by atoms with Gasteiger partial charge in [-0.15, -0.1) is 0 Å². The molecular weight excluding hydrogens is 246 g/mol. The summed E-state index contributed by atoms with van der Waals surface area (Å²) in [6.45, 7) is 2.11. The van der Waals surface area contributed by atoms with E-state index in [0.29, 0.717) is 5.75 Å². The third-order valence-electron chi connectivity index (χ3n) is 2.45. The van der Waals surface area contributed by atoms with Gasteiger partial charge in [0.1, 0.15) is 5.75 Å². The van der Waals surface area contributed by atoms with Gasteiger partial charge in [-0.2, -0.15) is 0 Å². The van der Waals surface area contributed by atoms with Gasteiger partial charge in [0.2, 0.25) is 0 Å². The molecule has 19 heavy (non-hydrogen) atoms. The SMILES string of the molecule is CCCC/C=C/CC(=O)Oc1ccc([N+](=O)[O-])cc1. The maximum Gasteiger partial charge on any atom is 0.315 e. The molecule has 0 saturated heterocycles. The minimum Gasteiger partial charge on any atom is -0.426 e. The summed E-state index contributed by atoms with van der Waals surface area (Å²) in [5, 5.41) is 10.5. The normalized spacial score (nSPS) is 10.6. The lowest BCUT2D eigenvalue weighted by Gasteiger charge is -2.01. The molecule has 0 N–H and O–H groups in total. The number of nitro benzene ring substituents is 1. The average Bonchev–Trinajstić information content (AvgIpc) is 2.39. The number of rotatable bonds is 7. The number of benzene rings is 1. The summed E-state index contributed by atoms with van der Waals surface area (Å²) >= 11 is 0. The molecule has 1 aromatic carbocycles. The summed E-state index contributed by atoms with van der Waals surface area (Å²) in [4.78, 5) is 21.4. The van der Waals surface area contributed by atoms with Crippen LogP contribution in [0.5, 0.6) is 5.75 Å². The van der Waals surface area contributed by atoms with Crippen LogP contribution in [-0.4, -0.2) is 10.9 Å². The Morgan fingerprint density at radius 3 is 2.58 bits per heavy atom. The molecule has 0 aliphatic heterocycles. The number of non-ortho nitro benzene ring substituents is 1. The minimum absolute atomic E-state index is 0.0285. The van der Waals surface area contributed by atoms with E-state index in [1.54, 1.807) is 6.08 Å². The van der Waals surface area contributed by atoms with Crippen molar-refractivity contribution in [2.45, 2.75) is 32.6 Å². The van der Waals surface area contributed by atoms with Crippen molar-refractivity contribution in [2.75, 3.05) is 0 Å². The lowest BCUT2D eigenvalue weighted by molar-refractivity contribution is -0.384. The third-order valence-corrected chi connectivity index (χ3v) is 2.45. The van der Waals surface area contributed by atoms with Crippen molar-refractivity contribution in [3.05, 3.63) is 46.5 Å². The van der Waals surface area contributed by atoms with Gasteiger partial charge >= 0.3 is 5.97 Å². The van der Waals surface area contributed by atoms with Crippen molar-refractivity contribution < 1.29 is 14.5 Å². The molecule has 0 saturated carbocycles. The van der Waals surface area contributed by atoms with E-state index in [0.717, 1.165) is 19.3 Å². The highest BCUT2D eigenvalue weighted by molar-refractivity contribution is 5.73. The molecule has 0 spiro atoms. The summed E-state index contributed by atoms with van der Waals surface area (Å²) in [5.74, 6) is -0.0563. The smallest absolute Gasteiger partial charge is 0.315 e. The molecule has 0 aliphatic carbocycles. The Morgan fingerprint density at radius 1 is 1.32 bits per heavy atom. The molecule has 0 atom stereocenters. The van der Waals surface area contributed by atoms with Crippen LogP contribution in [0.1, 0.15) is 32.6 Å². The largest absolute Gasteiger partial charge is 0.426 e. The quantitative estimate of drug-likeness (QED) is 0.188. The monoisotopic (exact) mass is 263 g/mol. The highest BCUT2D eigenvalue weighted by Crippen LogP contribution is 2.17. The van der Waals surface area contributed by atoms with Crippen LogP contribution in [0.15, 0.2) is 36.4 Å². The number of nitro groups is 1. The molecule has 1 aromatic rings. The van der Waals surface area contributed by atoms with Crippen LogP contribution in [0.25, 0.3) is 0 Å². The number of carbonyl (C=O) groups is 1. The van der Waals surface area contributed by atoms with E-state index in [1.165, 1.54) is 24.3 Å². The first-order chi connectivity index (χ1) is 9.13. The van der Waals surface area contributed by atoms with Gasteiger partial charge in [-0.3, -0.25) is 14.9 Å². The number of hydrogen-bond donors (Lipinski definition) is 0. The number of esters is 1. The van der Waals surface area contributed by atoms with E-state index in [9.17, 15) is 14.9 Å². The first-order valence-corrected chi connectivity index (χ1v) is 6.23. The van der Waals surface area contributed by atoms with Gasteiger partial charge in [-0.05, 0) is 18.6 Å². The number of allylic oxidation sites excluding steroid dienone is 1. The van der Waals surface area contributed by atoms with Crippen LogP contribution in [0.3, 0.4) is 0 Å². The fourth-order valence-corrected chi connectivity index (χ4v) is 1.43. The van der Waals surface area contributed by atoms with Crippen LogP contribution in [0, 0.1) is 10.1 Å². The predicted octanol–water partition coefficient (Wildman–Crippen LogP) is 3.64. The van der Waals surface area contributed by atoms with Crippen molar-refractivity contribution in [2.24, 2.45) is 0 Å². The van der Waals surface area contributed by atoms with Gasteiger partial charge in [0.25, 0.3) is 5.69 Å². The van der Waals surface area contributed by atoms with E-state index in [1.807, 2.05) is 6.08 Å². The number of ether oxygens (including phenoxy) is 1. The molecule has 5 heteroatoms. The fraction of sp³-hybridized carbons (Fsp3) is 0.357. The Hall–Kier alpha value is -2.17. The van der Waals surface area contributed by atoms with Crippen LogP contribution in [0.2, 0.25) is 0 Å². The number of unbranched alkanes of at least 4 members (excludes halogenated alkanes) is 2. The second-order valence-corrected chi connectivity index (χ2v) is 4.04. The first kappa shape index (κ1) is 14.9. The van der Waals surface area contributed by atoms with Crippen molar-refractivity contribution >= 4 is 11.7 Å². The molecule has 102 valence electrons. The highest BCUT2D eigenvalue weighted by Gasteiger charge is 2.06. The Kier molecular flexibility index (Phi) is 6.29. The number of nitrogens with zero attached hydrogens (tertiary/aromatic N) is 1. The summed E-state index contributed by atoms with van der Waals surface area (Å²) in [7, 11) is 0. The average molecular weight is 263 g/mol. The van der Waals surface area contributed by atoms with Crippen LogP contribution >= 0.6 is 0 Å². The second-order valence-electron chi connectivity index (χ2n) is 4.04. The molecule has 0 unspecified atom stereocenters. The molecular formula is C14H17NO4. The summed E-state index contributed by atoms with van der Waals surface area (Å²) < 4.78 is 5.04. The van der Waals surface area contributed by atoms with Crippen molar-refractivity contribution in [1.29, 1.82) is 0 Å². The van der Waals surface area contributed by atoms with Gasteiger partial charge in [0, 0.05) is 12.1 Å². The van der Waals surface area contributed by atoms with E-state index < -0.39 is 4.92 Å². The standard InChI is InChI=1S/C14H17NO4/c1-2-3-4-5-6-7-14(16)19-13-10-8-12(9-11-13)15(17)18/h5-6,8-11H,2-4,7H2,1H3/b6-5+. The van der Waals surface area contributed by atoms with Crippen molar-refractivity contribution in [3.63, 3.8) is 0 Å². The van der Waals surface area contributed by atoms with Gasteiger partial charge in [0.05, 0.1) is 11.3 Å². The molecule has 0 aromatic heterocycles. The highest BCUT2D eigenvalue weighted by atomic mass is 16.6. The molecule has 1 rings (SSSR count). The van der Waals surface area contributed by atoms with Crippen LogP contribution in [0.4, 0.5) is 5.69 Å². The third kappa shape index (κ3) is 5.81. The number of carbonyl (C=O) groups excluding carboxylic acids is 1. The molecule has 0 heterocycles. The summed E-state index contributed by atoms with van der Waals surface area (Å²) in [5.41, 5.74) is -0.0285. The molecule has 0 fully saturated rings. The zero-order chi connectivity index (χ0) is 14.1. The summed E-state index contributed by atoms with van der Waals surface area (Å²) in [6.07, 6.45) is 7.14. The second kappa shape index (κ2) is 8.02. The lowest BCUT2D eigenvalue weighted by atomic mass is 10.2. The number of hydrogen-bond acceptors (Lipinski definition) is 4. The molecule has 0 bridgehead atoms. The Bertz CT molecular complexity index is 451. The first-order valence-electron chi connectivity index (χ1n) is 6.23. The van der Waals surface area contributed by atoms with Crippen molar-refractivity contribution in [1.82, 2.24) is 0 Å². The van der Waals surface area contributed by atoms with E-state index >= 15 is 0 Å². The van der Waals surface area contributed by atoms with E-state index in [2.05, 4.69) is 6.92 Å². The molecule has 0 aliphatic rings. The Morgan fingerprint density at radius 2 is 2.00 bits per heavy atom.